The molecule has 72 valence electrons. The Bertz CT molecular complexity index is 351. The van der Waals surface area contributed by atoms with E-state index >= 15 is 0 Å². The van der Waals surface area contributed by atoms with Crippen molar-refractivity contribution in [3.05, 3.63) is 35.9 Å². The lowest BCUT2D eigenvalue weighted by molar-refractivity contribution is -0.118. The number of benzene rings is 1. The first-order valence-corrected chi connectivity index (χ1v) is 4.35. The lowest BCUT2D eigenvalue weighted by Gasteiger charge is -2.05. The van der Waals surface area contributed by atoms with E-state index in [2.05, 4.69) is 4.99 Å². The lowest BCUT2D eigenvalue weighted by atomic mass is 10.0. The summed E-state index contributed by atoms with van der Waals surface area (Å²) in [5.74, 6) is -0.114. The largest absolute Gasteiger partial charge is 0.298 e. The summed E-state index contributed by atoms with van der Waals surface area (Å²) in [6, 6.07) is 8.88. The Balaban J connectivity index is 2.75. The number of aliphatic imine (C=N–C) groups is 1. The van der Waals surface area contributed by atoms with Crippen LogP contribution < -0.4 is 0 Å². The summed E-state index contributed by atoms with van der Waals surface area (Å²) < 4.78 is 0. The van der Waals surface area contributed by atoms with E-state index in [1.54, 1.807) is 0 Å². The summed E-state index contributed by atoms with van der Waals surface area (Å²) in [5, 5.41) is 0. The summed E-state index contributed by atoms with van der Waals surface area (Å²) in [5.41, 5.74) is 0.992. The van der Waals surface area contributed by atoms with Crippen LogP contribution in [0.15, 0.2) is 35.3 Å². The highest BCUT2D eigenvalue weighted by atomic mass is 16.1. The SMILES string of the molecule is CC(=O)[C@H](Cc1ccccc1)N=C=O. The molecule has 0 heterocycles. The third kappa shape index (κ3) is 2.96. The minimum absolute atomic E-state index is 0.114. The van der Waals surface area contributed by atoms with Crippen molar-refractivity contribution in [3.8, 4) is 0 Å². The monoisotopic (exact) mass is 189 g/mol. The molecular weight excluding hydrogens is 178 g/mol. The van der Waals surface area contributed by atoms with E-state index < -0.39 is 6.04 Å². The van der Waals surface area contributed by atoms with Crippen LogP contribution in [0.5, 0.6) is 0 Å². The predicted octanol–water partition coefficient (Wildman–Crippen LogP) is 1.52. The van der Waals surface area contributed by atoms with Gasteiger partial charge >= 0.3 is 0 Å². The normalized spacial score (nSPS) is 11.5. The average Bonchev–Trinajstić information content (AvgIpc) is 2.18. The van der Waals surface area contributed by atoms with Gasteiger partial charge in [-0.25, -0.2) is 4.79 Å². The summed E-state index contributed by atoms with van der Waals surface area (Å²) >= 11 is 0. The zero-order chi connectivity index (χ0) is 10.4. The fraction of sp³-hybridized carbons (Fsp3) is 0.273. The Kier molecular flexibility index (Phi) is 3.77. The van der Waals surface area contributed by atoms with Gasteiger partial charge in [0.1, 0.15) is 6.04 Å². The topological polar surface area (TPSA) is 46.5 Å². The minimum atomic E-state index is -0.588. The van der Waals surface area contributed by atoms with E-state index in [9.17, 15) is 9.59 Å². The molecule has 0 aliphatic carbocycles. The van der Waals surface area contributed by atoms with Gasteiger partial charge in [0, 0.05) is 6.42 Å². The van der Waals surface area contributed by atoms with Crippen LogP contribution in [-0.4, -0.2) is 17.9 Å². The van der Waals surface area contributed by atoms with Gasteiger partial charge in [0.25, 0.3) is 0 Å². The first-order valence-electron chi connectivity index (χ1n) is 4.35. The molecule has 0 aliphatic rings. The first-order chi connectivity index (χ1) is 6.74. The molecule has 0 aromatic heterocycles. The van der Waals surface area contributed by atoms with E-state index in [4.69, 9.17) is 0 Å². The Hall–Kier alpha value is -1.73. The van der Waals surface area contributed by atoms with Crippen molar-refractivity contribution in [2.24, 2.45) is 4.99 Å². The highest BCUT2D eigenvalue weighted by Gasteiger charge is 2.12. The maximum Gasteiger partial charge on any atom is 0.235 e. The summed E-state index contributed by atoms with van der Waals surface area (Å²) in [4.78, 5) is 24.6. The minimum Gasteiger partial charge on any atom is -0.298 e. The third-order valence-corrected chi connectivity index (χ3v) is 1.95. The molecule has 0 saturated carbocycles. The summed E-state index contributed by atoms with van der Waals surface area (Å²) in [6.07, 6.45) is 1.89. The number of ketones is 1. The number of isocyanates is 1. The van der Waals surface area contributed by atoms with Crippen molar-refractivity contribution in [2.75, 3.05) is 0 Å². The van der Waals surface area contributed by atoms with Crippen LogP contribution in [0.25, 0.3) is 0 Å². The standard InChI is InChI=1S/C11H11NO2/c1-9(14)11(12-8-13)7-10-5-3-2-4-6-10/h2-6,11H,7H2,1H3/t11-/m0/s1. The van der Waals surface area contributed by atoms with Crippen LogP contribution in [0.2, 0.25) is 0 Å². The second-order valence-electron chi connectivity index (χ2n) is 3.04. The van der Waals surface area contributed by atoms with E-state index in [-0.39, 0.29) is 5.78 Å². The van der Waals surface area contributed by atoms with Crippen molar-refractivity contribution in [1.82, 2.24) is 0 Å². The van der Waals surface area contributed by atoms with Gasteiger partial charge in [-0.1, -0.05) is 30.3 Å². The molecule has 1 atom stereocenters. The van der Waals surface area contributed by atoms with Gasteiger partial charge in [-0.2, -0.15) is 4.99 Å². The van der Waals surface area contributed by atoms with Crippen molar-refractivity contribution in [3.63, 3.8) is 0 Å². The molecule has 0 aliphatic heterocycles. The van der Waals surface area contributed by atoms with Crippen molar-refractivity contribution < 1.29 is 9.59 Å². The molecule has 0 spiro atoms. The Labute approximate surface area is 82.5 Å². The quantitative estimate of drug-likeness (QED) is 0.532. The highest BCUT2D eigenvalue weighted by Crippen LogP contribution is 2.06. The number of nitrogens with zero attached hydrogens (tertiary/aromatic N) is 1. The van der Waals surface area contributed by atoms with Crippen molar-refractivity contribution >= 4 is 11.9 Å². The predicted molar refractivity (Wildman–Crippen MR) is 52.7 cm³/mol. The van der Waals surface area contributed by atoms with Gasteiger partial charge in [-0.05, 0) is 12.5 Å². The molecule has 0 saturated heterocycles. The molecule has 1 rings (SSSR count). The number of carbonyl (C=O) groups is 1. The highest BCUT2D eigenvalue weighted by molar-refractivity contribution is 5.82. The molecule has 0 amide bonds. The van der Waals surface area contributed by atoms with E-state index in [1.165, 1.54) is 13.0 Å². The second kappa shape index (κ2) is 5.10. The van der Waals surface area contributed by atoms with Crippen molar-refractivity contribution in [1.29, 1.82) is 0 Å². The lowest BCUT2D eigenvalue weighted by Crippen LogP contribution is -2.17. The second-order valence-corrected chi connectivity index (χ2v) is 3.04. The molecule has 0 N–H and O–H groups in total. The van der Waals surface area contributed by atoms with Gasteiger partial charge in [-0.3, -0.25) is 4.79 Å². The Morgan fingerprint density at radius 3 is 2.57 bits per heavy atom. The Morgan fingerprint density at radius 2 is 2.07 bits per heavy atom. The van der Waals surface area contributed by atoms with Crippen LogP contribution in [-0.2, 0) is 16.0 Å². The summed E-state index contributed by atoms with van der Waals surface area (Å²) in [7, 11) is 0. The fourth-order valence-electron chi connectivity index (χ4n) is 1.18. The van der Waals surface area contributed by atoms with Crippen LogP contribution in [0.4, 0.5) is 0 Å². The third-order valence-electron chi connectivity index (χ3n) is 1.95. The average molecular weight is 189 g/mol. The molecular formula is C11H11NO2. The van der Waals surface area contributed by atoms with Gasteiger partial charge in [-0.15, -0.1) is 0 Å². The fourth-order valence-corrected chi connectivity index (χ4v) is 1.18. The number of rotatable bonds is 4. The van der Waals surface area contributed by atoms with Gasteiger partial charge < -0.3 is 0 Å². The molecule has 3 heteroatoms. The molecule has 14 heavy (non-hydrogen) atoms. The van der Waals surface area contributed by atoms with E-state index in [1.807, 2.05) is 30.3 Å². The number of hydrogen-bond donors (Lipinski definition) is 0. The van der Waals surface area contributed by atoms with E-state index in [0.717, 1.165) is 5.56 Å². The molecule has 0 bridgehead atoms. The molecule has 0 unspecified atom stereocenters. The maximum atomic E-state index is 11.1. The van der Waals surface area contributed by atoms with Crippen LogP contribution in [0.1, 0.15) is 12.5 Å². The number of hydrogen-bond acceptors (Lipinski definition) is 3. The first kappa shape index (κ1) is 10.4. The molecule has 1 aromatic rings. The Morgan fingerprint density at radius 1 is 1.43 bits per heavy atom. The van der Waals surface area contributed by atoms with Crippen LogP contribution in [0.3, 0.4) is 0 Å². The zero-order valence-electron chi connectivity index (χ0n) is 7.93. The maximum absolute atomic E-state index is 11.1. The van der Waals surface area contributed by atoms with E-state index in [0.29, 0.717) is 6.42 Å². The van der Waals surface area contributed by atoms with Gasteiger partial charge in [0.15, 0.2) is 5.78 Å². The molecule has 0 radical (unpaired) electrons. The molecule has 3 nitrogen and oxygen atoms in total. The van der Waals surface area contributed by atoms with Gasteiger partial charge in [0.2, 0.25) is 6.08 Å². The number of carbonyl (C=O) groups excluding carboxylic acids is 2. The molecule has 0 fully saturated rings. The number of Topliss-reactive ketones (excluding diaryl/α,β-unsaturated/α-hetero) is 1. The molecule has 1 aromatic carbocycles. The summed E-state index contributed by atoms with van der Waals surface area (Å²) in [6.45, 7) is 1.43. The van der Waals surface area contributed by atoms with Crippen molar-refractivity contribution in [2.45, 2.75) is 19.4 Å². The van der Waals surface area contributed by atoms with Crippen LogP contribution in [0, 0.1) is 0 Å². The van der Waals surface area contributed by atoms with Gasteiger partial charge in [0.05, 0.1) is 0 Å². The van der Waals surface area contributed by atoms with Crippen LogP contribution >= 0.6 is 0 Å². The smallest absolute Gasteiger partial charge is 0.235 e. The zero-order valence-corrected chi connectivity index (χ0v) is 7.93.